The minimum absolute atomic E-state index is 0.00319. The third-order valence-electron chi connectivity index (χ3n) is 7.23. The van der Waals surface area contributed by atoms with Gasteiger partial charge in [0.05, 0.1) is 6.10 Å². The normalized spacial score (nSPS) is 52.9. The predicted molar refractivity (Wildman–Crippen MR) is 70.7 cm³/mol. The van der Waals surface area contributed by atoms with Gasteiger partial charge in [-0.25, -0.2) is 0 Å². The second-order valence-corrected chi connectivity index (χ2v) is 7.72. The van der Waals surface area contributed by atoms with Gasteiger partial charge >= 0.3 is 0 Å². The van der Waals surface area contributed by atoms with Gasteiger partial charge in [-0.1, -0.05) is 20.8 Å². The van der Waals surface area contributed by atoms with Gasteiger partial charge in [0.15, 0.2) is 0 Å². The van der Waals surface area contributed by atoms with E-state index in [-0.39, 0.29) is 6.10 Å². The summed E-state index contributed by atoms with van der Waals surface area (Å²) in [5.41, 5.74) is 1.08. The Morgan fingerprint density at radius 1 is 0.765 bits per heavy atom. The van der Waals surface area contributed by atoms with Crippen molar-refractivity contribution in [2.45, 2.75) is 71.8 Å². The molecule has 17 heavy (non-hydrogen) atoms. The highest BCUT2D eigenvalue weighted by Crippen LogP contribution is 2.70. The van der Waals surface area contributed by atoms with Crippen LogP contribution < -0.4 is 0 Å². The van der Waals surface area contributed by atoms with E-state index in [0.717, 1.165) is 30.6 Å². The number of rotatable bonds is 1. The molecule has 3 unspecified atom stereocenters. The molecule has 0 aromatic rings. The highest BCUT2D eigenvalue weighted by Gasteiger charge is 2.62. The molecule has 98 valence electrons. The van der Waals surface area contributed by atoms with Gasteiger partial charge in [0.25, 0.3) is 0 Å². The maximum atomic E-state index is 9.72. The smallest absolute Gasteiger partial charge is 0.0540 e. The molecule has 3 aliphatic rings. The molecule has 0 heterocycles. The van der Waals surface area contributed by atoms with E-state index < -0.39 is 0 Å². The largest absolute Gasteiger partial charge is 0.393 e. The van der Waals surface area contributed by atoms with Gasteiger partial charge in [-0.15, -0.1) is 0 Å². The van der Waals surface area contributed by atoms with E-state index in [9.17, 15) is 5.11 Å². The van der Waals surface area contributed by atoms with Gasteiger partial charge in [0.1, 0.15) is 0 Å². The van der Waals surface area contributed by atoms with Crippen molar-refractivity contribution < 1.29 is 5.11 Å². The van der Waals surface area contributed by atoms with Gasteiger partial charge in [-0.2, -0.15) is 0 Å². The predicted octanol–water partition coefficient (Wildman–Crippen LogP) is 4.00. The number of hydrogen-bond acceptors (Lipinski definition) is 1. The molecular formula is C16H28O. The van der Waals surface area contributed by atoms with Crippen LogP contribution in [0.3, 0.4) is 0 Å². The maximum Gasteiger partial charge on any atom is 0.0540 e. The zero-order chi connectivity index (χ0) is 12.3. The lowest BCUT2D eigenvalue weighted by Gasteiger charge is -2.54. The molecule has 1 nitrogen and oxygen atoms in total. The third-order valence-corrected chi connectivity index (χ3v) is 7.23. The van der Waals surface area contributed by atoms with E-state index >= 15 is 0 Å². The zero-order valence-electron chi connectivity index (χ0n) is 11.7. The molecule has 0 aromatic heterocycles. The molecule has 0 aromatic carbocycles. The summed E-state index contributed by atoms with van der Waals surface area (Å²) in [5, 5.41) is 9.72. The Morgan fingerprint density at radius 3 is 1.82 bits per heavy atom. The third kappa shape index (κ3) is 1.47. The fourth-order valence-corrected chi connectivity index (χ4v) is 5.68. The minimum atomic E-state index is -0.00319. The van der Waals surface area contributed by atoms with Gasteiger partial charge in [0, 0.05) is 0 Å². The molecule has 1 N–H and O–H groups in total. The average molecular weight is 236 g/mol. The van der Waals surface area contributed by atoms with Crippen molar-refractivity contribution in [3.8, 4) is 0 Å². The summed E-state index contributed by atoms with van der Waals surface area (Å²) in [4.78, 5) is 0. The van der Waals surface area contributed by atoms with Gasteiger partial charge in [-0.3, -0.25) is 0 Å². The van der Waals surface area contributed by atoms with Crippen molar-refractivity contribution in [1.29, 1.82) is 0 Å². The molecule has 3 fully saturated rings. The quantitative estimate of drug-likeness (QED) is 0.729. The van der Waals surface area contributed by atoms with Crippen LogP contribution >= 0.6 is 0 Å². The molecule has 3 saturated carbocycles. The van der Waals surface area contributed by atoms with Crippen LogP contribution in [0.25, 0.3) is 0 Å². The Kier molecular flexibility index (Phi) is 2.63. The fraction of sp³-hybridized carbons (Fsp3) is 1.00. The van der Waals surface area contributed by atoms with Crippen LogP contribution in [-0.2, 0) is 0 Å². The highest BCUT2D eigenvalue weighted by molar-refractivity contribution is 5.11. The van der Waals surface area contributed by atoms with Crippen LogP contribution in [0.4, 0.5) is 0 Å². The summed E-state index contributed by atoms with van der Waals surface area (Å²) >= 11 is 0. The van der Waals surface area contributed by atoms with E-state index in [1.54, 1.807) is 0 Å². The molecule has 0 aliphatic heterocycles. The summed E-state index contributed by atoms with van der Waals surface area (Å²) in [5.74, 6) is 2.82. The number of aliphatic hydroxyl groups excluding tert-OH is 1. The Hall–Kier alpha value is -0.0400. The van der Waals surface area contributed by atoms with E-state index in [1.165, 1.54) is 32.1 Å². The van der Waals surface area contributed by atoms with Crippen LogP contribution in [0, 0.1) is 28.6 Å². The van der Waals surface area contributed by atoms with E-state index in [2.05, 4.69) is 20.8 Å². The van der Waals surface area contributed by atoms with Crippen molar-refractivity contribution in [2.24, 2.45) is 28.6 Å². The molecule has 3 rings (SSSR count). The van der Waals surface area contributed by atoms with Crippen LogP contribution in [-0.4, -0.2) is 11.2 Å². The lowest BCUT2D eigenvalue weighted by molar-refractivity contribution is -0.0601. The first kappa shape index (κ1) is 12.0. The van der Waals surface area contributed by atoms with E-state index in [1.807, 2.05) is 0 Å². The van der Waals surface area contributed by atoms with Crippen molar-refractivity contribution in [3.63, 3.8) is 0 Å². The van der Waals surface area contributed by atoms with Crippen LogP contribution in [0.5, 0.6) is 0 Å². The summed E-state index contributed by atoms with van der Waals surface area (Å²) in [6.45, 7) is 7.64. The summed E-state index contributed by atoms with van der Waals surface area (Å²) in [6.07, 6.45) is 9.07. The lowest BCUT2D eigenvalue weighted by atomic mass is 9.51. The molecular weight excluding hydrogens is 208 g/mol. The zero-order valence-corrected chi connectivity index (χ0v) is 11.7. The summed E-state index contributed by atoms with van der Waals surface area (Å²) < 4.78 is 0. The van der Waals surface area contributed by atoms with Crippen molar-refractivity contribution in [2.75, 3.05) is 0 Å². The monoisotopic (exact) mass is 236 g/mol. The first-order valence-electron chi connectivity index (χ1n) is 7.64. The Morgan fingerprint density at radius 2 is 1.29 bits per heavy atom. The topological polar surface area (TPSA) is 20.2 Å². The summed E-state index contributed by atoms with van der Waals surface area (Å²) in [7, 11) is 0. The number of hydrogen-bond donors (Lipinski definition) is 1. The molecule has 3 atom stereocenters. The lowest BCUT2D eigenvalue weighted by Crippen LogP contribution is -2.47. The molecule has 0 radical (unpaired) electrons. The second-order valence-electron chi connectivity index (χ2n) is 7.72. The number of fused-ring (bicyclic) bond motifs is 2. The molecule has 3 aliphatic carbocycles. The Balaban J connectivity index is 1.85. The first-order valence-corrected chi connectivity index (χ1v) is 7.64. The van der Waals surface area contributed by atoms with Gasteiger partial charge in [0.2, 0.25) is 0 Å². The SMILES string of the molecule is CC1(C)C2CCC(C2)C1(C)C1CCC(O)CC1. The molecule has 0 spiro atoms. The maximum absolute atomic E-state index is 9.72. The molecule has 1 heteroatoms. The van der Waals surface area contributed by atoms with Gasteiger partial charge < -0.3 is 5.11 Å². The highest BCUT2D eigenvalue weighted by atomic mass is 16.3. The van der Waals surface area contributed by atoms with Crippen LogP contribution in [0.15, 0.2) is 0 Å². The first-order chi connectivity index (χ1) is 7.96. The molecule has 0 amide bonds. The molecule has 2 bridgehead atoms. The second kappa shape index (κ2) is 3.73. The Bertz CT molecular complexity index is 301. The van der Waals surface area contributed by atoms with Crippen molar-refractivity contribution >= 4 is 0 Å². The average Bonchev–Trinajstić information content (AvgIpc) is 2.83. The Labute approximate surface area is 106 Å². The van der Waals surface area contributed by atoms with Crippen molar-refractivity contribution in [1.82, 2.24) is 0 Å². The molecule has 0 saturated heterocycles. The number of aliphatic hydroxyl groups is 1. The van der Waals surface area contributed by atoms with Crippen LogP contribution in [0.2, 0.25) is 0 Å². The van der Waals surface area contributed by atoms with E-state index in [0.29, 0.717) is 10.8 Å². The van der Waals surface area contributed by atoms with Crippen LogP contribution in [0.1, 0.15) is 65.7 Å². The van der Waals surface area contributed by atoms with Gasteiger partial charge in [-0.05, 0) is 73.5 Å². The summed E-state index contributed by atoms with van der Waals surface area (Å²) in [6, 6.07) is 0. The van der Waals surface area contributed by atoms with Crippen molar-refractivity contribution in [3.05, 3.63) is 0 Å². The van der Waals surface area contributed by atoms with E-state index in [4.69, 9.17) is 0 Å². The fourth-order valence-electron chi connectivity index (χ4n) is 5.68. The minimum Gasteiger partial charge on any atom is -0.393 e. The standard InChI is InChI=1S/C16H28O/c1-15(2)12-4-5-13(10-12)16(15,3)11-6-8-14(17)9-7-11/h11-14,17H,4-10H2,1-3H3.